The van der Waals surface area contributed by atoms with Crippen LogP contribution < -0.4 is 10.6 Å². The van der Waals surface area contributed by atoms with Crippen LogP contribution in [0.3, 0.4) is 0 Å². The normalized spacial score (nSPS) is 16.3. The smallest absolute Gasteiger partial charge is 0.143 e. The summed E-state index contributed by atoms with van der Waals surface area (Å²) in [6, 6.07) is 57.4. The fraction of sp³-hybridized carbons (Fsp3) is 0.0465. The van der Waals surface area contributed by atoms with Gasteiger partial charge in [-0.15, -0.1) is 0 Å². The molecular formula is C43H31N3O. The predicted molar refractivity (Wildman–Crippen MR) is 193 cm³/mol. The molecule has 2 unspecified atom stereocenters. The summed E-state index contributed by atoms with van der Waals surface area (Å²) >= 11 is 0. The Balaban J connectivity index is 1.17. The standard InChI is InChI=1S/C43H31N3O/c1-3-11-28(12-4-1)30-21-24-32(25-22-30)41-44-42(34-26-23-29-13-7-8-16-33(29)27-34)46-43(45-41)37-19-10-20-38-39(37)36-18-9-17-35(40(36)47-38)31-14-5-2-6-15-31/h1-27,42-43,46H,(H,44,45). The average molecular weight is 606 g/mol. The number of para-hydroxylation sites is 1. The molecule has 1 aliphatic heterocycles. The molecule has 7 aromatic carbocycles. The third kappa shape index (κ3) is 4.96. The van der Waals surface area contributed by atoms with E-state index in [1.54, 1.807) is 0 Å². The van der Waals surface area contributed by atoms with Gasteiger partial charge in [-0.1, -0.05) is 152 Å². The number of nitrogens with one attached hydrogen (secondary N) is 2. The van der Waals surface area contributed by atoms with Crippen molar-refractivity contribution in [3.8, 4) is 22.3 Å². The lowest BCUT2D eigenvalue weighted by molar-refractivity contribution is 0.411. The molecular weight excluding hydrogens is 574 g/mol. The minimum Gasteiger partial charge on any atom is -0.455 e. The third-order valence-electron chi connectivity index (χ3n) is 9.17. The van der Waals surface area contributed by atoms with Crippen molar-refractivity contribution in [2.45, 2.75) is 12.3 Å². The number of hydrogen-bond acceptors (Lipinski definition) is 4. The Bertz CT molecular complexity index is 2410. The highest BCUT2D eigenvalue weighted by Gasteiger charge is 2.28. The van der Waals surface area contributed by atoms with Crippen LogP contribution in [0, 0.1) is 0 Å². The van der Waals surface area contributed by atoms with Crippen molar-refractivity contribution in [2.24, 2.45) is 4.99 Å². The van der Waals surface area contributed by atoms with Gasteiger partial charge in [-0.2, -0.15) is 0 Å². The molecule has 224 valence electrons. The molecule has 4 heteroatoms. The lowest BCUT2D eigenvalue weighted by Gasteiger charge is -2.32. The fourth-order valence-electron chi connectivity index (χ4n) is 6.83. The van der Waals surface area contributed by atoms with Crippen molar-refractivity contribution >= 4 is 38.5 Å². The maximum Gasteiger partial charge on any atom is 0.143 e. The van der Waals surface area contributed by atoms with Crippen LogP contribution in [-0.4, -0.2) is 5.84 Å². The van der Waals surface area contributed by atoms with Gasteiger partial charge in [-0.05, 0) is 45.2 Å². The number of rotatable bonds is 5. The van der Waals surface area contributed by atoms with E-state index in [2.05, 4.69) is 162 Å². The molecule has 4 nitrogen and oxygen atoms in total. The highest BCUT2D eigenvalue weighted by molar-refractivity contribution is 6.11. The van der Waals surface area contributed by atoms with Gasteiger partial charge in [0.2, 0.25) is 0 Å². The van der Waals surface area contributed by atoms with Crippen molar-refractivity contribution in [3.63, 3.8) is 0 Å². The summed E-state index contributed by atoms with van der Waals surface area (Å²) in [6.45, 7) is 0. The Morgan fingerprint density at radius 2 is 1.21 bits per heavy atom. The number of amidine groups is 1. The highest BCUT2D eigenvalue weighted by Crippen LogP contribution is 2.39. The van der Waals surface area contributed by atoms with Gasteiger partial charge in [0, 0.05) is 27.5 Å². The van der Waals surface area contributed by atoms with E-state index in [9.17, 15) is 0 Å². The fourth-order valence-corrected chi connectivity index (χ4v) is 6.83. The molecule has 8 aromatic rings. The lowest BCUT2D eigenvalue weighted by atomic mass is 9.98. The van der Waals surface area contributed by atoms with Crippen LogP contribution in [0.1, 0.15) is 29.0 Å². The molecule has 1 aliphatic rings. The predicted octanol–water partition coefficient (Wildman–Crippen LogP) is 10.4. The van der Waals surface area contributed by atoms with Crippen LogP contribution >= 0.6 is 0 Å². The van der Waals surface area contributed by atoms with Crippen molar-refractivity contribution in [1.82, 2.24) is 10.6 Å². The number of nitrogens with zero attached hydrogens (tertiary/aromatic N) is 1. The quantitative estimate of drug-likeness (QED) is 0.205. The summed E-state index contributed by atoms with van der Waals surface area (Å²) in [4.78, 5) is 5.26. The van der Waals surface area contributed by atoms with Gasteiger partial charge in [-0.25, -0.2) is 4.99 Å². The van der Waals surface area contributed by atoms with E-state index in [0.29, 0.717) is 0 Å². The molecule has 0 saturated carbocycles. The maximum atomic E-state index is 6.61. The molecule has 0 fully saturated rings. The van der Waals surface area contributed by atoms with Crippen LogP contribution in [0.2, 0.25) is 0 Å². The molecule has 9 rings (SSSR count). The van der Waals surface area contributed by atoms with E-state index < -0.39 is 0 Å². The van der Waals surface area contributed by atoms with Gasteiger partial charge in [0.05, 0.1) is 0 Å². The molecule has 2 heterocycles. The Hall–Kier alpha value is -5.97. The zero-order chi connectivity index (χ0) is 31.2. The molecule has 0 aliphatic carbocycles. The highest BCUT2D eigenvalue weighted by atomic mass is 16.3. The second-order valence-electron chi connectivity index (χ2n) is 12.0. The summed E-state index contributed by atoms with van der Waals surface area (Å²) in [5.41, 5.74) is 9.63. The molecule has 0 spiro atoms. The number of furan rings is 1. The Kier molecular flexibility index (Phi) is 6.65. The summed E-state index contributed by atoms with van der Waals surface area (Å²) in [5.74, 6) is 0.848. The molecule has 2 N–H and O–H groups in total. The van der Waals surface area contributed by atoms with Gasteiger partial charge in [-0.3, -0.25) is 5.32 Å². The molecule has 47 heavy (non-hydrogen) atoms. The summed E-state index contributed by atoms with van der Waals surface area (Å²) in [6.07, 6.45) is -0.486. The van der Waals surface area contributed by atoms with E-state index >= 15 is 0 Å². The zero-order valence-electron chi connectivity index (χ0n) is 25.6. The van der Waals surface area contributed by atoms with E-state index in [0.717, 1.165) is 55.6 Å². The molecule has 2 atom stereocenters. The van der Waals surface area contributed by atoms with Crippen molar-refractivity contribution in [2.75, 3.05) is 0 Å². The Labute approximate surface area is 273 Å². The van der Waals surface area contributed by atoms with Crippen LogP contribution in [0.5, 0.6) is 0 Å². The van der Waals surface area contributed by atoms with Crippen LogP contribution in [-0.2, 0) is 0 Å². The first-order valence-electron chi connectivity index (χ1n) is 16.0. The van der Waals surface area contributed by atoms with Gasteiger partial charge in [0.1, 0.15) is 29.3 Å². The maximum absolute atomic E-state index is 6.61. The Morgan fingerprint density at radius 3 is 2.02 bits per heavy atom. The topological polar surface area (TPSA) is 49.6 Å². The Morgan fingerprint density at radius 1 is 0.532 bits per heavy atom. The van der Waals surface area contributed by atoms with E-state index in [4.69, 9.17) is 9.41 Å². The number of benzene rings is 7. The average Bonchev–Trinajstić information content (AvgIpc) is 3.54. The van der Waals surface area contributed by atoms with Crippen molar-refractivity contribution < 1.29 is 4.42 Å². The molecule has 0 saturated heterocycles. The minimum atomic E-state index is -0.261. The first-order valence-corrected chi connectivity index (χ1v) is 16.0. The molecule has 0 amide bonds. The number of fused-ring (bicyclic) bond motifs is 4. The van der Waals surface area contributed by atoms with Crippen LogP contribution in [0.4, 0.5) is 0 Å². The van der Waals surface area contributed by atoms with Crippen LogP contribution in [0.15, 0.2) is 173 Å². The van der Waals surface area contributed by atoms with E-state index in [-0.39, 0.29) is 12.3 Å². The molecule has 0 bridgehead atoms. The van der Waals surface area contributed by atoms with Gasteiger partial charge in [0.25, 0.3) is 0 Å². The first-order chi connectivity index (χ1) is 23.3. The monoisotopic (exact) mass is 605 g/mol. The number of aliphatic imine (C=N–C) groups is 1. The summed E-state index contributed by atoms with van der Waals surface area (Å²) in [7, 11) is 0. The molecule has 1 aromatic heterocycles. The second-order valence-corrected chi connectivity index (χ2v) is 12.0. The summed E-state index contributed by atoms with van der Waals surface area (Å²) in [5, 5.41) is 12.2. The minimum absolute atomic E-state index is 0.224. The van der Waals surface area contributed by atoms with Gasteiger partial charge >= 0.3 is 0 Å². The largest absolute Gasteiger partial charge is 0.455 e. The lowest BCUT2D eigenvalue weighted by Crippen LogP contribution is -2.45. The van der Waals surface area contributed by atoms with Crippen LogP contribution in [0.25, 0.3) is 55.0 Å². The van der Waals surface area contributed by atoms with E-state index in [1.807, 2.05) is 12.1 Å². The van der Waals surface area contributed by atoms with Crippen molar-refractivity contribution in [1.29, 1.82) is 0 Å². The van der Waals surface area contributed by atoms with Gasteiger partial charge in [0.15, 0.2) is 0 Å². The van der Waals surface area contributed by atoms with E-state index in [1.165, 1.54) is 21.9 Å². The van der Waals surface area contributed by atoms with Crippen molar-refractivity contribution in [3.05, 3.63) is 180 Å². The number of hydrogen-bond donors (Lipinski definition) is 2. The van der Waals surface area contributed by atoms with Gasteiger partial charge < -0.3 is 9.73 Å². The SMILES string of the molecule is c1ccc(-c2ccc(C3=NC(c4ccc5ccccc5c4)NC(c4cccc5oc6c(-c7ccccc7)cccc6c45)N3)cc2)cc1. The third-order valence-corrected chi connectivity index (χ3v) is 9.17. The zero-order valence-corrected chi connectivity index (χ0v) is 25.6. The summed E-state index contributed by atoms with van der Waals surface area (Å²) < 4.78 is 6.61. The first kappa shape index (κ1) is 27.3. The molecule has 0 radical (unpaired) electrons. The second kappa shape index (κ2) is 11.4.